The fourth-order valence-corrected chi connectivity index (χ4v) is 1.87. The monoisotopic (exact) mass is 274 g/mol. The van der Waals surface area contributed by atoms with E-state index in [2.05, 4.69) is 13.2 Å². The molecular formula is C17H22O3. The van der Waals surface area contributed by atoms with Crippen LogP contribution in [-0.2, 0) is 14.3 Å². The molecule has 2 rings (SSSR count). The van der Waals surface area contributed by atoms with Gasteiger partial charge in [0.15, 0.2) is 0 Å². The molecule has 0 aliphatic carbocycles. The molecule has 0 bridgehead atoms. The van der Waals surface area contributed by atoms with Crippen LogP contribution in [0.2, 0.25) is 0 Å². The molecule has 0 N–H and O–H groups in total. The van der Waals surface area contributed by atoms with E-state index in [-0.39, 0.29) is 18.2 Å². The molecular weight excluding hydrogens is 252 g/mol. The Morgan fingerprint density at radius 3 is 2.55 bits per heavy atom. The molecule has 1 aliphatic heterocycles. The summed E-state index contributed by atoms with van der Waals surface area (Å²) in [5.74, 6) is -0.377. The van der Waals surface area contributed by atoms with Crippen molar-refractivity contribution in [2.24, 2.45) is 0 Å². The zero-order chi connectivity index (χ0) is 14.8. The molecule has 1 aliphatic rings. The fourth-order valence-electron chi connectivity index (χ4n) is 1.87. The number of rotatable bonds is 4. The Bertz CT molecular complexity index is 419. The minimum Gasteiger partial charge on any atom is -0.457 e. The van der Waals surface area contributed by atoms with Gasteiger partial charge in [0.05, 0.1) is 6.10 Å². The van der Waals surface area contributed by atoms with Crippen LogP contribution in [-0.4, -0.2) is 24.8 Å². The number of carbonyl (C=O) groups excluding carboxylic acids is 1. The molecule has 0 radical (unpaired) electrons. The predicted molar refractivity (Wildman–Crippen MR) is 81.3 cm³/mol. The van der Waals surface area contributed by atoms with Crippen LogP contribution in [0.1, 0.15) is 25.3 Å². The molecule has 1 saturated heterocycles. The van der Waals surface area contributed by atoms with Gasteiger partial charge >= 0.3 is 5.97 Å². The maximum absolute atomic E-state index is 10.8. The summed E-state index contributed by atoms with van der Waals surface area (Å²) in [4.78, 5) is 10.8. The minimum absolute atomic E-state index is 0.0777. The Balaban J connectivity index is 0.000000217. The maximum Gasteiger partial charge on any atom is 0.330 e. The zero-order valence-corrected chi connectivity index (χ0v) is 12.0. The second kappa shape index (κ2) is 9.10. The van der Waals surface area contributed by atoms with E-state index in [1.54, 1.807) is 0 Å². The van der Waals surface area contributed by atoms with E-state index in [1.165, 1.54) is 11.6 Å². The molecule has 0 aromatic heterocycles. The average molecular weight is 274 g/mol. The van der Waals surface area contributed by atoms with Crippen LogP contribution in [0.25, 0.3) is 6.08 Å². The van der Waals surface area contributed by atoms with Crippen LogP contribution in [0.3, 0.4) is 0 Å². The number of hydrogen-bond acceptors (Lipinski definition) is 3. The summed E-state index contributed by atoms with van der Waals surface area (Å²) in [7, 11) is 0. The van der Waals surface area contributed by atoms with Gasteiger partial charge in [0.25, 0.3) is 0 Å². The van der Waals surface area contributed by atoms with E-state index >= 15 is 0 Å². The van der Waals surface area contributed by atoms with Gasteiger partial charge in [-0.2, -0.15) is 0 Å². The van der Waals surface area contributed by atoms with Crippen molar-refractivity contribution in [2.45, 2.75) is 32.0 Å². The molecule has 108 valence electrons. The first-order valence-corrected chi connectivity index (χ1v) is 6.79. The maximum atomic E-state index is 10.8. The summed E-state index contributed by atoms with van der Waals surface area (Å²) < 4.78 is 10.4. The molecule has 1 aromatic carbocycles. The summed E-state index contributed by atoms with van der Waals surface area (Å²) in [6.07, 6.45) is 4.96. The Labute approximate surface area is 120 Å². The Kier molecular flexibility index (Phi) is 7.36. The average Bonchev–Trinajstić information content (AvgIpc) is 3.03. The van der Waals surface area contributed by atoms with Gasteiger partial charge in [-0.1, -0.05) is 49.6 Å². The van der Waals surface area contributed by atoms with Gasteiger partial charge in [-0.25, -0.2) is 4.79 Å². The lowest BCUT2D eigenvalue weighted by Crippen LogP contribution is -2.27. The number of hydrogen-bond donors (Lipinski definition) is 0. The van der Waals surface area contributed by atoms with Gasteiger partial charge in [-0.15, -0.1) is 0 Å². The molecule has 3 heteroatoms. The standard InChI is InChI=1S/C9H14O3.C8H8/c1-3-9(10)12-7(2)8-5-4-6-11-8;1-2-8-6-4-3-5-7-8/h3,7-8H,1,4-6H2,2H3;2-7H,1H2. The molecule has 1 heterocycles. The molecule has 2 atom stereocenters. The summed E-state index contributed by atoms with van der Waals surface area (Å²) in [6.45, 7) is 9.58. The van der Waals surface area contributed by atoms with Gasteiger partial charge in [-0.05, 0) is 25.3 Å². The third kappa shape index (κ3) is 5.85. The first kappa shape index (κ1) is 16.2. The third-order valence-electron chi connectivity index (χ3n) is 2.99. The van der Waals surface area contributed by atoms with E-state index in [0.29, 0.717) is 0 Å². The van der Waals surface area contributed by atoms with Gasteiger partial charge < -0.3 is 9.47 Å². The van der Waals surface area contributed by atoms with Crippen molar-refractivity contribution in [2.75, 3.05) is 6.61 Å². The van der Waals surface area contributed by atoms with Crippen molar-refractivity contribution in [3.8, 4) is 0 Å². The summed E-state index contributed by atoms with van der Waals surface area (Å²) in [5.41, 5.74) is 1.17. The molecule has 0 spiro atoms. The van der Waals surface area contributed by atoms with Crippen LogP contribution < -0.4 is 0 Å². The molecule has 20 heavy (non-hydrogen) atoms. The fraction of sp³-hybridized carbons (Fsp3) is 0.353. The Morgan fingerprint density at radius 1 is 1.40 bits per heavy atom. The Hall–Kier alpha value is -1.87. The summed E-state index contributed by atoms with van der Waals surface area (Å²) >= 11 is 0. The van der Waals surface area contributed by atoms with E-state index in [9.17, 15) is 4.79 Å². The van der Waals surface area contributed by atoms with Crippen molar-refractivity contribution < 1.29 is 14.3 Å². The van der Waals surface area contributed by atoms with E-state index in [0.717, 1.165) is 19.4 Å². The largest absolute Gasteiger partial charge is 0.457 e. The second-order valence-electron chi connectivity index (χ2n) is 4.51. The first-order valence-electron chi connectivity index (χ1n) is 6.79. The second-order valence-corrected chi connectivity index (χ2v) is 4.51. The highest BCUT2D eigenvalue weighted by atomic mass is 16.6. The van der Waals surface area contributed by atoms with Gasteiger partial charge in [0.1, 0.15) is 6.10 Å². The SMILES string of the molecule is C=CC(=O)OC(C)C1CCCO1.C=Cc1ccccc1. The quantitative estimate of drug-likeness (QED) is 0.621. The van der Waals surface area contributed by atoms with Gasteiger partial charge in [0.2, 0.25) is 0 Å². The molecule has 1 fully saturated rings. The van der Waals surface area contributed by atoms with Crippen LogP contribution >= 0.6 is 0 Å². The van der Waals surface area contributed by atoms with Crippen molar-refractivity contribution >= 4 is 12.0 Å². The molecule has 0 saturated carbocycles. The van der Waals surface area contributed by atoms with Crippen LogP contribution in [0.5, 0.6) is 0 Å². The highest BCUT2D eigenvalue weighted by Crippen LogP contribution is 2.17. The van der Waals surface area contributed by atoms with E-state index < -0.39 is 0 Å². The molecule has 1 aromatic rings. The van der Waals surface area contributed by atoms with Crippen LogP contribution in [0.15, 0.2) is 49.6 Å². The van der Waals surface area contributed by atoms with Crippen molar-refractivity contribution in [1.82, 2.24) is 0 Å². The van der Waals surface area contributed by atoms with Gasteiger partial charge in [0, 0.05) is 12.7 Å². The van der Waals surface area contributed by atoms with Crippen molar-refractivity contribution in [3.63, 3.8) is 0 Å². The van der Waals surface area contributed by atoms with E-state index in [1.807, 2.05) is 43.3 Å². The number of benzene rings is 1. The molecule has 2 unspecified atom stereocenters. The number of carbonyl (C=O) groups is 1. The van der Waals surface area contributed by atoms with E-state index in [4.69, 9.17) is 9.47 Å². The first-order chi connectivity index (χ1) is 9.67. The zero-order valence-electron chi connectivity index (χ0n) is 12.0. The smallest absolute Gasteiger partial charge is 0.330 e. The molecule has 3 nitrogen and oxygen atoms in total. The van der Waals surface area contributed by atoms with Crippen molar-refractivity contribution in [1.29, 1.82) is 0 Å². The number of ether oxygens (including phenoxy) is 2. The highest BCUT2D eigenvalue weighted by molar-refractivity contribution is 5.81. The number of esters is 1. The lowest BCUT2D eigenvalue weighted by Gasteiger charge is -2.17. The summed E-state index contributed by atoms with van der Waals surface area (Å²) in [6, 6.07) is 10.0. The van der Waals surface area contributed by atoms with Crippen LogP contribution in [0, 0.1) is 0 Å². The summed E-state index contributed by atoms with van der Waals surface area (Å²) in [5, 5.41) is 0. The highest BCUT2D eigenvalue weighted by Gasteiger charge is 2.24. The van der Waals surface area contributed by atoms with Crippen molar-refractivity contribution in [3.05, 3.63) is 55.1 Å². The minimum atomic E-state index is -0.377. The lowest BCUT2D eigenvalue weighted by atomic mass is 10.1. The Morgan fingerprint density at radius 2 is 2.10 bits per heavy atom. The lowest BCUT2D eigenvalue weighted by molar-refractivity contribution is -0.147. The third-order valence-corrected chi connectivity index (χ3v) is 2.99. The normalized spacial score (nSPS) is 18.4. The topological polar surface area (TPSA) is 35.5 Å². The predicted octanol–water partition coefficient (Wildman–Crippen LogP) is 3.61. The molecule has 0 amide bonds. The van der Waals surface area contributed by atoms with Crippen LogP contribution in [0.4, 0.5) is 0 Å². The van der Waals surface area contributed by atoms with Gasteiger partial charge in [-0.3, -0.25) is 0 Å².